The highest BCUT2D eigenvalue weighted by Gasteiger charge is 2.23. The van der Waals surface area contributed by atoms with Crippen LogP contribution in [0.1, 0.15) is 32.8 Å². The highest BCUT2D eigenvalue weighted by molar-refractivity contribution is 7.89. The smallest absolute Gasteiger partial charge is 0.243 e. The molecule has 2 N–H and O–H groups in total. The first kappa shape index (κ1) is 17.1. The zero-order valence-corrected chi connectivity index (χ0v) is 13.2. The van der Waals surface area contributed by atoms with E-state index in [1.165, 1.54) is 12.1 Å². The number of benzene rings is 1. The maximum absolute atomic E-state index is 14.0. The molecule has 0 aromatic heterocycles. The molecule has 1 rings (SSSR count). The number of nitrogens with one attached hydrogen (secondary N) is 2. The van der Waals surface area contributed by atoms with Gasteiger partial charge in [0.25, 0.3) is 0 Å². The van der Waals surface area contributed by atoms with Crippen molar-refractivity contribution in [2.45, 2.75) is 44.7 Å². The van der Waals surface area contributed by atoms with Crippen LogP contribution >= 0.6 is 0 Å². The second-order valence-corrected chi connectivity index (χ2v) is 6.77. The Hall–Kier alpha value is -0.980. The molecule has 20 heavy (non-hydrogen) atoms. The molecule has 6 heteroatoms. The van der Waals surface area contributed by atoms with Crippen LogP contribution in [-0.2, 0) is 16.6 Å². The van der Waals surface area contributed by atoms with E-state index in [0.29, 0.717) is 12.1 Å². The molecule has 0 radical (unpaired) electrons. The largest absolute Gasteiger partial charge is 0.316 e. The van der Waals surface area contributed by atoms with Crippen molar-refractivity contribution in [3.63, 3.8) is 0 Å². The van der Waals surface area contributed by atoms with Crippen molar-refractivity contribution in [3.05, 3.63) is 29.6 Å². The van der Waals surface area contributed by atoms with E-state index in [-0.39, 0.29) is 16.9 Å². The molecule has 1 aromatic carbocycles. The normalized spacial score (nSPS) is 15.1. The van der Waals surface area contributed by atoms with Crippen LogP contribution in [-0.4, -0.2) is 21.5 Å². The predicted octanol–water partition coefficient (Wildman–Crippen LogP) is 2.26. The molecule has 0 aliphatic carbocycles. The van der Waals surface area contributed by atoms with Gasteiger partial charge in [0.1, 0.15) is 10.7 Å². The number of halogens is 1. The summed E-state index contributed by atoms with van der Waals surface area (Å²) in [5, 5.41) is 2.89. The number of sulfonamides is 1. The minimum Gasteiger partial charge on any atom is -0.316 e. The Morgan fingerprint density at radius 3 is 2.45 bits per heavy atom. The Kier molecular flexibility index (Phi) is 6.10. The molecule has 0 aliphatic heterocycles. The van der Waals surface area contributed by atoms with Crippen LogP contribution in [0.15, 0.2) is 23.1 Å². The van der Waals surface area contributed by atoms with Crippen molar-refractivity contribution in [2.75, 3.05) is 7.05 Å². The van der Waals surface area contributed by atoms with E-state index >= 15 is 0 Å². The van der Waals surface area contributed by atoms with Gasteiger partial charge in [-0.1, -0.05) is 26.3 Å². The van der Waals surface area contributed by atoms with E-state index < -0.39 is 15.8 Å². The van der Waals surface area contributed by atoms with Gasteiger partial charge in [0.15, 0.2) is 0 Å². The summed E-state index contributed by atoms with van der Waals surface area (Å²) in [6.45, 7) is 6.23. The first-order valence-corrected chi connectivity index (χ1v) is 8.25. The van der Waals surface area contributed by atoms with Gasteiger partial charge in [-0.3, -0.25) is 0 Å². The van der Waals surface area contributed by atoms with Crippen LogP contribution in [0.2, 0.25) is 0 Å². The van der Waals surface area contributed by atoms with Crippen LogP contribution in [0.3, 0.4) is 0 Å². The summed E-state index contributed by atoms with van der Waals surface area (Å²) in [5.41, 5.74) is 0.707. The molecule has 0 fully saturated rings. The van der Waals surface area contributed by atoms with Gasteiger partial charge in [-0.25, -0.2) is 17.5 Å². The first-order chi connectivity index (χ1) is 9.31. The van der Waals surface area contributed by atoms with Crippen molar-refractivity contribution < 1.29 is 12.8 Å². The lowest BCUT2D eigenvalue weighted by Crippen LogP contribution is -2.37. The standard InChI is InChI=1S/C14H23FN2O2S/c1-5-10(2)11(3)17-20(18,19)14-7-6-12(9-16-4)8-13(14)15/h6-8,10-11,16-17H,5,9H2,1-4H3. The first-order valence-electron chi connectivity index (χ1n) is 6.77. The van der Waals surface area contributed by atoms with Crippen molar-refractivity contribution in [1.82, 2.24) is 10.0 Å². The summed E-state index contributed by atoms with van der Waals surface area (Å²) in [5.74, 6) is -0.530. The zero-order chi connectivity index (χ0) is 15.3. The lowest BCUT2D eigenvalue weighted by atomic mass is 10.0. The molecule has 4 nitrogen and oxygen atoms in total. The lowest BCUT2D eigenvalue weighted by Gasteiger charge is -2.20. The maximum atomic E-state index is 14.0. The number of rotatable bonds is 7. The molecule has 0 aliphatic rings. The Balaban J connectivity index is 2.98. The molecule has 2 atom stereocenters. The van der Waals surface area contributed by atoms with E-state index in [9.17, 15) is 12.8 Å². The highest BCUT2D eigenvalue weighted by Crippen LogP contribution is 2.18. The molecule has 0 amide bonds. The third-order valence-corrected chi connectivity index (χ3v) is 5.10. The van der Waals surface area contributed by atoms with Crippen molar-refractivity contribution in [3.8, 4) is 0 Å². The van der Waals surface area contributed by atoms with Crippen LogP contribution < -0.4 is 10.0 Å². The molecular weight excluding hydrogens is 279 g/mol. The molecule has 0 heterocycles. The minimum absolute atomic E-state index is 0.191. The fourth-order valence-corrected chi connectivity index (χ4v) is 3.27. The molecule has 0 bridgehead atoms. The Labute approximate surface area is 120 Å². The molecule has 1 aromatic rings. The minimum atomic E-state index is -3.82. The zero-order valence-electron chi connectivity index (χ0n) is 12.4. The van der Waals surface area contributed by atoms with Gasteiger partial charge in [-0.15, -0.1) is 0 Å². The second-order valence-electron chi connectivity index (χ2n) is 5.09. The molecular formula is C14H23FN2O2S. The maximum Gasteiger partial charge on any atom is 0.243 e. The summed E-state index contributed by atoms with van der Waals surface area (Å²) in [6.07, 6.45) is 0.854. The number of hydrogen-bond acceptors (Lipinski definition) is 3. The summed E-state index contributed by atoms with van der Waals surface area (Å²) < 4.78 is 40.9. The predicted molar refractivity (Wildman–Crippen MR) is 78.4 cm³/mol. The van der Waals surface area contributed by atoms with Crippen LogP contribution in [0.4, 0.5) is 4.39 Å². The molecule has 0 spiro atoms. The number of hydrogen-bond donors (Lipinski definition) is 2. The topological polar surface area (TPSA) is 58.2 Å². The molecule has 2 unspecified atom stereocenters. The average molecular weight is 302 g/mol. The molecule has 0 saturated carbocycles. The lowest BCUT2D eigenvalue weighted by molar-refractivity contribution is 0.432. The van der Waals surface area contributed by atoms with E-state index in [2.05, 4.69) is 10.0 Å². The SMILES string of the molecule is CCC(C)C(C)NS(=O)(=O)c1ccc(CNC)cc1F. The monoisotopic (exact) mass is 302 g/mol. The van der Waals surface area contributed by atoms with E-state index in [1.54, 1.807) is 20.0 Å². The summed E-state index contributed by atoms with van der Waals surface area (Å²) in [6, 6.07) is 3.94. The summed E-state index contributed by atoms with van der Waals surface area (Å²) in [7, 11) is -2.07. The average Bonchev–Trinajstić information content (AvgIpc) is 2.37. The van der Waals surface area contributed by atoms with Crippen LogP contribution in [0, 0.1) is 11.7 Å². The van der Waals surface area contributed by atoms with Gasteiger partial charge in [0.2, 0.25) is 10.0 Å². The van der Waals surface area contributed by atoms with E-state index in [0.717, 1.165) is 6.42 Å². The summed E-state index contributed by atoms with van der Waals surface area (Å²) >= 11 is 0. The van der Waals surface area contributed by atoms with E-state index in [1.807, 2.05) is 13.8 Å². The van der Waals surface area contributed by atoms with Crippen molar-refractivity contribution in [2.24, 2.45) is 5.92 Å². The Morgan fingerprint density at radius 1 is 1.30 bits per heavy atom. The van der Waals surface area contributed by atoms with Crippen molar-refractivity contribution >= 4 is 10.0 Å². The van der Waals surface area contributed by atoms with Crippen LogP contribution in [0.25, 0.3) is 0 Å². The second kappa shape index (κ2) is 7.15. The fourth-order valence-electron chi connectivity index (χ4n) is 1.85. The van der Waals surface area contributed by atoms with Gasteiger partial charge in [0, 0.05) is 12.6 Å². The van der Waals surface area contributed by atoms with Crippen LogP contribution in [0.5, 0.6) is 0 Å². The van der Waals surface area contributed by atoms with E-state index in [4.69, 9.17) is 0 Å². The highest BCUT2D eigenvalue weighted by atomic mass is 32.2. The van der Waals surface area contributed by atoms with Gasteiger partial charge in [-0.2, -0.15) is 0 Å². The van der Waals surface area contributed by atoms with Gasteiger partial charge in [0.05, 0.1) is 0 Å². The fraction of sp³-hybridized carbons (Fsp3) is 0.571. The Bertz CT molecular complexity index is 546. The van der Waals surface area contributed by atoms with Gasteiger partial charge < -0.3 is 5.32 Å². The van der Waals surface area contributed by atoms with Gasteiger partial charge in [-0.05, 0) is 37.6 Å². The third kappa shape index (κ3) is 4.26. The third-order valence-electron chi connectivity index (χ3n) is 3.51. The summed E-state index contributed by atoms with van der Waals surface area (Å²) in [4.78, 5) is -0.299. The molecule has 114 valence electrons. The Morgan fingerprint density at radius 2 is 1.95 bits per heavy atom. The quantitative estimate of drug-likeness (QED) is 0.812. The molecule has 0 saturated heterocycles. The van der Waals surface area contributed by atoms with Crippen molar-refractivity contribution in [1.29, 1.82) is 0 Å². The van der Waals surface area contributed by atoms with Gasteiger partial charge >= 0.3 is 0 Å².